The van der Waals surface area contributed by atoms with Crippen molar-refractivity contribution in [2.45, 2.75) is 19.0 Å². The Labute approximate surface area is 126 Å². The van der Waals surface area contributed by atoms with Crippen LogP contribution >= 0.6 is 15.9 Å². The van der Waals surface area contributed by atoms with Crippen molar-refractivity contribution in [1.29, 1.82) is 0 Å². The van der Waals surface area contributed by atoms with Crippen molar-refractivity contribution in [3.05, 3.63) is 33.8 Å². The number of piperidine rings is 1. The van der Waals surface area contributed by atoms with Crippen LogP contribution in [0.15, 0.2) is 16.6 Å². The molecule has 1 atom stereocenters. The Kier molecular flexibility index (Phi) is 4.55. The Morgan fingerprint density at radius 3 is 2.52 bits per heavy atom. The van der Waals surface area contributed by atoms with E-state index in [0.717, 1.165) is 17.0 Å². The van der Waals surface area contributed by atoms with Crippen molar-refractivity contribution in [3.63, 3.8) is 0 Å². The van der Waals surface area contributed by atoms with E-state index in [0.29, 0.717) is 0 Å². The molecule has 1 amide bonds. The van der Waals surface area contributed by atoms with Gasteiger partial charge in [-0.3, -0.25) is 4.79 Å². The second-order valence-electron chi connectivity index (χ2n) is 4.85. The van der Waals surface area contributed by atoms with E-state index in [2.05, 4.69) is 15.9 Å². The summed E-state index contributed by atoms with van der Waals surface area (Å²) < 4.78 is 65.1. The first-order chi connectivity index (χ1) is 9.71. The molecule has 21 heavy (non-hydrogen) atoms. The monoisotopic (exact) mass is 371 g/mol. The molecular weight excluding hydrogens is 361 g/mol. The van der Waals surface area contributed by atoms with Crippen LogP contribution in [0.1, 0.15) is 23.2 Å². The number of likely N-dealkylation sites (tertiary alicyclic amines) is 1. The van der Waals surface area contributed by atoms with Gasteiger partial charge in [-0.1, -0.05) is 0 Å². The Hall–Kier alpha value is -1.18. The summed E-state index contributed by atoms with van der Waals surface area (Å²) in [7, 11) is 0. The number of carbonyl (C=O) groups excluding carboxylic acids is 1. The first kappa shape index (κ1) is 16.2. The van der Waals surface area contributed by atoms with Crippen LogP contribution in [0.2, 0.25) is 0 Å². The highest BCUT2D eigenvalue weighted by Crippen LogP contribution is 2.34. The van der Waals surface area contributed by atoms with Crippen molar-refractivity contribution in [2.24, 2.45) is 5.92 Å². The fourth-order valence-electron chi connectivity index (χ4n) is 2.29. The zero-order valence-electron chi connectivity index (χ0n) is 10.7. The number of amides is 1. The first-order valence-corrected chi connectivity index (χ1v) is 7.00. The number of hydrogen-bond acceptors (Lipinski definition) is 1. The molecule has 0 spiro atoms. The van der Waals surface area contributed by atoms with Crippen LogP contribution in [0.25, 0.3) is 0 Å². The van der Waals surface area contributed by atoms with Crippen molar-refractivity contribution < 1.29 is 26.7 Å². The van der Waals surface area contributed by atoms with Gasteiger partial charge in [-0.2, -0.15) is 13.2 Å². The number of hydrogen-bond donors (Lipinski definition) is 0. The van der Waals surface area contributed by atoms with Crippen molar-refractivity contribution in [2.75, 3.05) is 13.1 Å². The fourth-order valence-corrected chi connectivity index (χ4v) is 2.60. The summed E-state index contributed by atoms with van der Waals surface area (Å²) in [6.45, 7) is -0.429. The summed E-state index contributed by atoms with van der Waals surface area (Å²) in [5.41, 5.74) is -0.557. The molecule has 1 heterocycles. The van der Waals surface area contributed by atoms with Gasteiger partial charge in [0.25, 0.3) is 5.91 Å². The van der Waals surface area contributed by atoms with Crippen molar-refractivity contribution >= 4 is 21.8 Å². The topological polar surface area (TPSA) is 20.3 Å². The number of benzene rings is 1. The third kappa shape index (κ3) is 3.36. The Morgan fingerprint density at radius 2 is 1.90 bits per heavy atom. The molecule has 8 heteroatoms. The van der Waals surface area contributed by atoms with Gasteiger partial charge in [0.05, 0.1) is 16.0 Å². The normalized spacial score (nSPS) is 19.7. The molecule has 1 fully saturated rings. The van der Waals surface area contributed by atoms with Crippen LogP contribution in [-0.2, 0) is 0 Å². The number of halogens is 6. The lowest BCUT2D eigenvalue weighted by atomic mass is 9.97. The highest BCUT2D eigenvalue weighted by atomic mass is 79.9. The van der Waals surface area contributed by atoms with Gasteiger partial charge in [0.2, 0.25) is 0 Å². The zero-order chi connectivity index (χ0) is 15.8. The maximum Gasteiger partial charge on any atom is 0.393 e. The maximum atomic E-state index is 13.7. The minimum Gasteiger partial charge on any atom is -0.338 e. The van der Waals surface area contributed by atoms with E-state index in [1.807, 2.05) is 0 Å². The predicted octanol–water partition coefficient (Wildman–Crippen LogP) is 4.14. The molecule has 0 radical (unpaired) electrons. The molecule has 1 aliphatic heterocycles. The van der Waals surface area contributed by atoms with Gasteiger partial charge in [-0.15, -0.1) is 0 Å². The van der Waals surface area contributed by atoms with Crippen LogP contribution < -0.4 is 0 Å². The van der Waals surface area contributed by atoms with Gasteiger partial charge in [0.15, 0.2) is 11.6 Å². The lowest BCUT2D eigenvalue weighted by Crippen LogP contribution is -2.44. The first-order valence-electron chi connectivity index (χ1n) is 6.21. The van der Waals surface area contributed by atoms with Crippen LogP contribution in [0, 0.1) is 17.6 Å². The van der Waals surface area contributed by atoms with Gasteiger partial charge < -0.3 is 4.90 Å². The van der Waals surface area contributed by atoms with E-state index in [4.69, 9.17) is 0 Å². The molecule has 0 N–H and O–H groups in total. The van der Waals surface area contributed by atoms with Crippen LogP contribution in [0.4, 0.5) is 22.0 Å². The fraction of sp³-hybridized carbons (Fsp3) is 0.462. The number of rotatable bonds is 1. The number of alkyl halides is 3. The summed E-state index contributed by atoms with van der Waals surface area (Å²) in [4.78, 5) is 13.0. The van der Waals surface area contributed by atoms with E-state index in [1.165, 1.54) is 0 Å². The minimum atomic E-state index is -4.40. The van der Waals surface area contributed by atoms with Crippen molar-refractivity contribution in [1.82, 2.24) is 4.90 Å². The number of nitrogens with zero attached hydrogens (tertiary/aromatic N) is 1. The molecule has 0 saturated carbocycles. The molecule has 2 nitrogen and oxygen atoms in total. The number of carbonyl (C=O) groups is 1. The summed E-state index contributed by atoms with van der Waals surface area (Å²) in [6.07, 6.45) is -4.29. The Morgan fingerprint density at radius 1 is 1.24 bits per heavy atom. The van der Waals surface area contributed by atoms with E-state index in [9.17, 15) is 26.7 Å². The van der Waals surface area contributed by atoms with Crippen LogP contribution in [0.3, 0.4) is 0 Å². The molecule has 0 aliphatic carbocycles. The van der Waals surface area contributed by atoms with Crippen LogP contribution in [0.5, 0.6) is 0 Å². The molecule has 0 bridgehead atoms. The van der Waals surface area contributed by atoms with Gasteiger partial charge in [0.1, 0.15) is 0 Å². The largest absolute Gasteiger partial charge is 0.393 e. The quantitative estimate of drug-likeness (QED) is 0.536. The highest BCUT2D eigenvalue weighted by molar-refractivity contribution is 9.10. The predicted molar refractivity (Wildman–Crippen MR) is 68.7 cm³/mol. The third-order valence-corrected chi connectivity index (χ3v) is 4.05. The maximum absolute atomic E-state index is 13.7. The Bertz CT molecular complexity index is 560. The standard InChI is InChI=1S/C13H11BrF5NO/c14-9-4-3-8(10(15)11(9)16)12(21)20-5-1-2-7(6-20)13(17,18)19/h3-4,7H,1-2,5-6H2. The molecule has 2 rings (SSSR count). The van der Waals surface area contributed by atoms with Crippen LogP contribution in [-0.4, -0.2) is 30.1 Å². The van der Waals surface area contributed by atoms with Gasteiger partial charge in [-0.25, -0.2) is 8.78 Å². The lowest BCUT2D eigenvalue weighted by molar-refractivity contribution is -0.184. The summed E-state index contributed by atoms with van der Waals surface area (Å²) in [6, 6.07) is 2.21. The molecule has 1 aliphatic rings. The molecule has 1 aromatic rings. The smallest absolute Gasteiger partial charge is 0.338 e. The average Bonchev–Trinajstić information content (AvgIpc) is 2.43. The van der Waals surface area contributed by atoms with E-state index in [1.54, 1.807) is 0 Å². The molecule has 1 unspecified atom stereocenters. The summed E-state index contributed by atoms with van der Waals surface area (Å²) in [5, 5.41) is 0. The van der Waals surface area contributed by atoms with Gasteiger partial charge in [0, 0.05) is 13.1 Å². The second kappa shape index (κ2) is 5.90. The SMILES string of the molecule is O=C(c1ccc(Br)c(F)c1F)N1CCCC(C(F)(F)F)C1. The average molecular weight is 372 g/mol. The summed E-state index contributed by atoms with van der Waals surface area (Å²) >= 11 is 2.77. The second-order valence-corrected chi connectivity index (χ2v) is 5.71. The minimum absolute atomic E-state index is 0.0650. The molecule has 1 aromatic carbocycles. The molecular formula is C13H11BrF5NO. The zero-order valence-corrected chi connectivity index (χ0v) is 12.3. The summed E-state index contributed by atoms with van der Waals surface area (Å²) in [5.74, 6) is -5.14. The van der Waals surface area contributed by atoms with Crippen molar-refractivity contribution in [3.8, 4) is 0 Å². The Balaban J connectivity index is 2.22. The molecule has 116 valence electrons. The van der Waals surface area contributed by atoms with Gasteiger partial charge in [-0.05, 0) is 40.9 Å². The molecule has 1 saturated heterocycles. The highest BCUT2D eigenvalue weighted by Gasteiger charge is 2.43. The van der Waals surface area contributed by atoms with Gasteiger partial charge >= 0.3 is 6.18 Å². The molecule has 0 aromatic heterocycles. The lowest BCUT2D eigenvalue weighted by Gasteiger charge is -2.33. The van der Waals surface area contributed by atoms with E-state index >= 15 is 0 Å². The van der Waals surface area contributed by atoms with E-state index in [-0.39, 0.29) is 23.9 Å². The third-order valence-electron chi connectivity index (χ3n) is 3.44. The van der Waals surface area contributed by atoms with E-state index < -0.39 is 41.7 Å².